The SMILES string of the molecule is O=C(NCc1ccc(F)cc1)[C@H]1CCCN(c2ccc(-c3ccco3)nn2)C1. The summed E-state index contributed by atoms with van der Waals surface area (Å²) in [6.45, 7) is 1.84. The van der Waals surface area contributed by atoms with Crippen LogP contribution in [0.15, 0.2) is 59.2 Å². The summed E-state index contributed by atoms with van der Waals surface area (Å²) >= 11 is 0. The molecule has 28 heavy (non-hydrogen) atoms. The lowest BCUT2D eigenvalue weighted by molar-refractivity contribution is -0.125. The highest BCUT2D eigenvalue weighted by Gasteiger charge is 2.26. The van der Waals surface area contributed by atoms with Crippen LogP contribution in [0.2, 0.25) is 0 Å². The summed E-state index contributed by atoms with van der Waals surface area (Å²) in [5, 5.41) is 11.5. The summed E-state index contributed by atoms with van der Waals surface area (Å²) in [6.07, 6.45) is 3.35. The van der Waals surface area contributed by atoms with E-state index < -0.39 is 0 Å². The van der Waals surface area contributed by atoms with Crippen molar-refractivity contribution in [1.29, 1.82) is 0 Å². The first-order valence-electron chi connectivity index (χ1n) is 9.34. The van der Waals surface area contributed by atoms with E-state index in [0.717, 1.165) is 30.8 Å². The van der Waals surface area contributed by atoms with Crippen molar-refractivity contribution in [2.24, 2.45) is 5.92 Å². The maximum atomic E-state index is 13.0. The maximum Gasteiger partial charge on any atom is 0.225 e. The number of hydrogen-bond acceptors (Lipinski definition) is 5. The molecule has 0 spiro atoms. The number of nitrogens with one attached hydrogen (secondary N) is 1. The van der Waals surface area contributed by atoms with E-state index in [9.17, 15) is 9.18 Å². The summed E-state index contributed by atoms with van der Waals surface area (Å²) in [5.74, 6) is 1.05. The van der Waals surface area contributed by atoms with E-state index in [1.807, 2.05) is 24.3 Å². The summed E-state index contributed by atoms with van der Waals surface area (Å²) in [4.78, 5) is 14.7. The van der Waals surface area contributed by atoms with Gasteiger partial charge in [-0.1, -0.05) is 12.1 Å². The minimum atomic E-state index is -0.280. The molecule has 1 aromatic carbocycles. The van der Waals surface area contributed by atoms with Crippen molar-refractivity contribution < 1.29 is 13.6 Å². The van der Waals surface area contributed by atoms with Crippen molar-refractivity contribution in [3.8, 4) is 11.5 Å². The number of halogens is 1. The van der Waals surface area contributed by atoms with Crippen LogP contribution in [-0.4, -0.2) is 29.2 Å². The Bertz CT molecular complexity index is 911. The molecule has 1 atom stereocenters. The zero-order chi connectivity index (χ0) is 19.3. The van der Waals surface area contributed by atoms with Gasteiger partial charge in [-0.05, 0) is 54.8 Å². The zero-order valence-corrected chi connectivity index (χ0v) is 15.3. The van der Waals surface area contributed by atoms with Crippen LogP contribution in [0.25, 0.3) is 11.5 Å². The molecule has 144 valence electrons. The smallest absolute Gasteiger partial charge is 0.225 e. The number of benzene rings is 1. The average Bonchev–Trinajstić information content (AvgIpc) is 3.28. The largest absolute Gasteiger partial charge is 0.463 e. The molecule has 0 unspecified atom stereocenters. The molecule has 3 heterocycles. The van der Waals surface area contributed by atoms with Gasteiger partial charge in [-0.3, -0.25) is 4.79 Å². The lowest BCUT2D eigenvalue weighted by Crippen LogP contribution is -2.43. The number of carbonyl (C=O) groups is 1. The minimum absolute atomic E-state index is 0.00851. The second-order valence-electron chi connectivity index (χ2n) is 6.88. The van der Waals surface area contributed by atoms with Crippen LogP contribution in [0, 0.1) is 11.7 Å². The summed E-state index contributed by atoms with van der Waals surface area (Å²) in [5.41, 5.74) is 1.56. The number of aromatic nitrogens is 2. The van der Waals surface area contributed by atoms with Crippen LogP contribution < -0.4 is 10.2 Å². The molecule has 1 N–H and O–H groups in total. The number of carbonyl (C=O) groups excluding carboxylic acids is 1. The molecule has 1 fully saturated rings. The minimum Gasteiger partial charge on any atom is -0.463 e. The Hall–Kier alpha value is -3.22. The van der Waals surface area contributed by atoms with E-state index in [2.05, 4.69) is 20.4 Å². The number of hydrogen-bond donors (Lipinski definition) is 1. The van der Waals surface area contributed by atoms with Gasteiger partial charge in [-0.15, -0.1) is 10.2 Å². The van der Waals surface area contributed by atoms with Gasteiger partial charge in [-0.2, -0.15) is 0 Å². The Morgan fingerprint density at radius 2 is 2.04 bits per heavy atom. The van der Waals surface area contributed by atoms with Gasteiger partial charge in [0.1, 0.15) is 11.5 Å². The van der Waals surface area contributed by atoms with Crippen molar-refractivity contribution in [3.63, 3.8) is 0 Å². The molecule has 0 saturated carbocycles. The van der Waals surface area contributed by atoms with Crippen LogP contribution in [-0.2, 0) is 11.3 Å². The van der Waals surface area contributed by atoms with Crippen LogP contribution in [0.4, 0.5) is 10.2 Å². The normalized spacial score (nSPS) is 16.8. The lowest BCUT2D eigenvalue weighted by Gasteiger charge is -2.32. The van der Waals surface area contributed by atoms with Gasteiger partial charge in [-0.25, -0.2) is 4.39 Å². The third kappa shape index (κ3) is 4.19. The Balaban J connectivity index is 1.35. The highest BCUT2D eigenvalue weighted by molar-refractivity contribution is 5.79. The van der Waals surface area contributed by atoms with Crippen molar-refractivity contribution >= 4 is 11.7 Å². The second-order valence-corrected chi connectivity index (χ2v) is 6.88. The van der Waals surface area contributed by atoms with Crippen LogP contribution >= 0.6 is 0 Å². The molecule has 2 aromatic heterocycles. The molecule has 3 aromatic rings. The average molecular weight is 380 g/mol. The standard InChI is InChI=1S/C21H21FN4O2/c22-17-7-5-15(6-8-17)13-23-21(27)16-3-1-11-26(14-16)20-10-9-18(24-25-20)19-4-2-12-28-19/h2,4-10,12,16H,1,3,11,13-14H2,(H,23,27)/t16-/m0/s1. The number of rotatable bonds is 5. The number of furan rings is 1. The summed E-state index contributed by atoms with van der Waals surface area (Å²) < 4.78 is 18.3. The molecule has 6 nitrogen and oxygen atoms in total. The maximum absolute atomic E-state index is 13.0. The van der Waals surface area contributed by atoms with Crippen molar-refractivity contribution in [2.45, 2.75) is 19.4 Å². The van der Waals surface area contributed by atoms with E-state index in [-0.39, 0.29) is 17.6 Å². The molecule has 0 bridgehead atoms. The first kappa shape index (κ1) is 18.2. The van der Waals surface area contributed by atoms with Crippen molar-refractivity contribution in [2.75, 3.05) is 18.0 Å². The third-order valence-corrected chi connectivity index (χ3v) is 4.92. The number of piperidine rings is 1. The molecule has 1 amide bonds. The molecule has 4 rings (SSSR count). The predicted octanol–water partition coefficient (Wildman–Crippen LogP) is 3.41. The van der Waals surface area contributed by atoms with Crippen LogP contribution in [0.3, 0.4) is 0 Å². The zero-order valence-electron chi connectivity index (χ0n) is 15.3. The van der Waals surface area contributed by atoms with Gasteiger partial charge in [0.15, 0.2) is 11.6 Å². The highest BCUT2D eigenvalue weighted by atomic mass is 19.1. The molecule has 1 aliphatic heterocycles. The number of nitrogens with zero attached hydrogens (tertiary/aromatic N) is 3. The fourth-order valence-electron chi connectivity index (χ4n) is 3.38. The molecule has 0 radical (unpaired) electrons. The van der Waals surface area contributed by atoms with Crippen molar-refractivity contribution in [1.82, 2.24) is 15.5 Å². The fourth-order valence-corrected chi connectivity index (χ4v) is 3.38. The fraction of sp³-hybridized carbons (Fsp3) is 0.286. The monoisotopic (exact) mass is 380 g/mol. The van der Waals surface area contributed by atoms with Crippen molar-refractivity contribution in [3.05, 3.63) is 66.2 Å². The molecular weight excluding hydrogens is 359 g/mol. The van der Waals surface area contributed by atoms with Gasteiger partial charge < -0.3 is 14.6 Å². The first-order chi connectivity index (χ1) is 13.7. The van der Waals surface area contributed by atoms with Crippen LogP contribution in [0.1, 0.15) is 18.4 Å². The molecule has 1 aliphatic rings. The Labute approximate surface area is 162 Å². The third-order valence-electron chi connectivity index (χ3n) is 4.92. The Morgan fingerprint density at radius 1 is 1.18 bits per heavy atom. The first-order valence-corrected chi connectivity index (χ1v) is 9.34. The van der Waals surface area contributed by atoms with Gasteiger partial charge in [0.25, 0.3) is 0 Å². The molecule has 0 aliphatic carbocycles. The van der Waals surface area contributed by atoms with E-state index in [1.165, 1.54) is 12.1 Å². The molecule has 7 heteroatoms. The molecular formula is C21H21FN4O2. The Morgan fingerprint density at radius 3 is 2.75 bits per heavy atom. The second kappa shape index (κ2) is 8.21. The molecule has 1 saturated heterocycles. The topological polar surface area (TPSA) is 71.3 Å². The van der Waals surface area contributed by atoms with Gasteiger partial charge in [0.05, 0.1) is 12.2 Å². The highest BCUT2D eigenvalue weighted by Crippen LogP contribution is 2.23. The quantitative estimate of drug-likeness (QED) is 0.734. The van der Waals surface area contributed by atoms with Gasteiger partial charge in [0.2, 0.25) is 5.91 Å². The van der Waals surface area contributed by atoms with E-state index in [1.54, 1.807) is 18.4 Å². The Kier molecular flexibility index (Phi) is 5.32. The van der Waals surface area contributed by atoms with E-state index >= 15 is 0 Å². The van der Waals surface area contributed by atoms with E-state index in [0.29, 0.717) is 24.5 Å². The van der Waals surface area contributed by atoms with Gasteiger partial charge >= 0.3 is 0 Å². The number of amides is 1. The predicted molar refractivity (Wildman–Crippen MR) is 103 cm³/mol. The lowest BCUT2D eigenvalue weighted by atomic mass is 9.97. The summed E-state index contributed by atoms with van der Waals surface area (Å²) in [6, 6.07) is 13.6. The van der Waals surface area contributed by atoms with Gasteiger partial charge in [0, 0.05) is 19.6 Å². The number of anilines is 1. The summed E-state index contributed by atoms with van der Waals surface area (Å²) in [7, 11) is 0. The van der Waals surface area contributed by atoms with E-state index in [4.69, 9.17) is 4.42 Å². The van der Waals surface area contributed by atoms with Crippen LogP contribution in [0.5, 0.6) is 0 Å².